The first-order chi connectivity index (χ1) is 12.9. The summed E-state index contributed by atoms with van der Waals surface area (Å²) in [5.74, 6) is 0.436. The Morgan fingerprint density at radius 2 is 2.04 bits per heavy atom. The molecule has 0 radical (unpaired) electrons. The summed E-state index contributed by atoms with van der Waals surface area (Å²) in [5.41, 5.74) is 0.965. The average Bonchev–Trinajstić information content (AvgIpc) is 3.21. The lowest BCUT2D eigenvalue weighted by molar-refractivity contribution is -0.384. The van der Waals surface area contributed by atoms with Gasteiger partial charge in [-0.1, -0.05) is 13.0 Å². The molecular weight excluding hydrogens is 362 g/mol. The third-order valence-corrected chi connectivity index (χ3v) is 6.44. The first-order valence-electron chi connectivity index (χ1n) is 9.22. The molecule has 0 bridgehead atoms. The number of anilines is 1. The van der Waals surface area contributed by atoms with Crippen LogP contribution >= 0.6 is 11.3 Å². The lowest BCUT2D eigenvalue weighted by Gasteiger charge is -2.32. The van der Waals surface area contributed by atoms with Crippen LogP contribution in [-0.2, 0) is 0 Å². The molecule has 0 unspecified atom stereocenters. The SMILES string of the molecule is CC1CCN(c2ccc(C(=O)N(C)[C@@H](C)c3cccs3)cc2[N+](=O)[O-])CC1. The van der Waals surface area contributed by atoms with E-state index < -0.39 is 0 Å². The van der Waals surface area contributed by atoms with E-state index in [4.69, 9.17) is 0 Å². The Labute approximate surface area is 163 Å². The molecule has 1 aliphatic heterocycles. The normalized spacial score (nSPS) is 16.2. The topological polar surface area (TPSA) is 66.7 Å². The highest BCUT2D eigenvalue weighted by Gasteiger charge is 2.26. The van der Waals surface area contributed by atoms with Crippen LogP contribution in [0, 0.1) is 16.0 Å². The lowest BCUT2D eigenvalue weighted by Crippen LogP contribution is -2.33. The van der Waals surface area contributed by atoms with Crippen LogP contribution in [-0.4, -0.2) is 35.9 Å². The van der Waals surface area contributed by atoms with Crippen molar-refractivity contribution in [2.24, 2.45) is 5.92 Å². The highest BCUT2D eigenvalue weighted by Crippen LogP contribution is 2.33. The fourth-order valence-corrected chi connectivity index (χ4v) is 4.25. The Balaban J connectivity index is 1.85. The molecule has 0 aliphatic carbocycles. The summed E-state index contributed by atoms with van der Waals surface area (Å²) in [6.45, 7) is 5.79. The number of benzene rings is 1. The van der Waals surface area contributed by atoms with Gasteiger partial charge in [-0.2, -0.15) is 0 Å². The summed E-state index contributed by atoms with van der Waals surface area (Å²) in [6.07, 6.45) is 2.05. The number of amides is 1. The molecule has 1 amide bonds. The van der Waals surface area contributed by atoms with E-state index in [9.17, 15) is 14.9 Å². The number of rotatable bonds is 5. The van der Waals surface area contributed by atoms with Crippen LogP contribution < -0.4 is 4.90 Å². The summed E-state index contributed by atoms with van der Waals surface area (Å²) in [6, 6.07) is 8.72. The molecule has 2 heterocycles. The number of hydrogen-bond acceptors (Lipinski definition) is 5. The molecule has 0 spiro atoms. The standard InChI is InChI=1S/C20H25N3O3S/c1-14-8-10-22(11-9-14)17-7-6-16(13-18(17)23(25)26)20(24)21(3)15(2)19-5-4-12-27-19/h4-7,12-15H,8-11H2,1-3H3/t15-/m0/s1. The maximum atomic E-state index is 12.9. The molecule has 1 aliphatic rings. The maximum Gasteiger partial charge on any atom is 0.293 e. The molecule has 6 nitrogen and oxygen atoms in total. The zero-order valence-corrected chi connectivity index (χ0v) is 16.7. The van der Waals surface area contributed by atoms with Crippen LogP contribution in [0.5, 0.6) is 0 Å². The van der Waals surface area contributed by atoms with E-state index in [1.54, 1.807) is 35.4 Å². The molecule has 144 valence electrons. The minimum Gasteiger partial charge on any atom is -0.366 e. The monoisotopic (exact) mass is 387 g/mol. The predicted octanol–water partition coefficient (Wildman–Crippen LogP) is 4.73. The van der Waals surface area contributed by atoms with Crippen molar-refractivity contribution >= 4 is 28.6 Å². The summed E-state index contributed by atoms with van der Waals surface area (Å²) >= 11 is 1.59. The molecule has 0 N–H and O–H groups in total. The molecule has 1 fully saturated rings. The number of hydrogen-bond donors (Lipinski definition) is 0. The van der Waals surface area contributed by atoms with Crippen LogP contribution in [0.1, 0.15) is 48.0 Å². The zero-order chi connectivity index (χ0) is 19.6. The molecule has 1 aromatic heterocycles. The highest BCUT2D eigenvalue weighted by atomic mass is 32.1. The minimum absolute atomic E-state index is 0.00702. The maximum absolute atomic E-state index is 12.9. The first-order valence-corrected chi connectivity index (χ1v) is 10.1. The van der Waals surface area contributed by atoms with Crippen molar-refractivity contribution in [3.8, 4) is 0 Å². The van der Waals surface area contributed by atoms with Gasteiger partial charge in [0.15, 0.2) is 0 Å². The summed E-state index contributed by atoms with van der Waals surface area (Å²) in [4.78, 5) is 28.9. The van der Waals surface area contributed by atoms with Crippen molar-refractivity contribution < 1.29 is 9.72 Å². The van der Waals surface area contributed by atoms with Crippen molar-refractivity contribution in [3.63, 3.8) is 0 Å². The van der Waals surface area contributed by atoms with Crippen molar-refractivity contribution in [2.75, 3.05) is 25.0 Å². The van der Waals surface area contributed by atoms with Crippen LogP contribution in [0.2, 0.25) is 0 Å². The van der Waals surface area contributed by atoms with Crippen molar-refractivity contribution in [2.45, 2.75) is 32.7 Å². The van der Waals surface area contributed by atoms with E-state index in [1.165, 1.54) is 6.07 Å². The van der Waals surface area contributed by atoms with Gasteiger partial charge in [-0.15, -0.1) is 11.3 Å². The second kappa shape index (κ2) is 8.08. The van der Waals surface area contributed by atoms with Crippen LogP contribution in [0.15, 0.2) is 35.7 Å². The fraction of sp³-hybridized carbons (Fsp3) is 0.450. The smallest absolute Gasteiger partial charge is 0.293 e. The van der Waals surface area contributed by atoms with Crippen LogP contribution in [0.25, 0.3) is 0 Å². The molecule has 1 atom stereocenters. The van der Waals surface area contributed by atoms with E-state index in [1.807, 2.05) is 24.4 Å². The zero-order valence-electron chi connectivity index (χ0n) is 15.9. The third kappa shape index (κ3) is 4.13. The van der Waals surface area contributed by atoms with Gasteiger partial charge in [-0.25, -0.2) is 0 Å². The molecule has 1 aromatic carbocycles. The summed E-state index contributed by atoms with van der Waals surface area (Å²) in [5, 5.41) is 13.6. The lowest BCUT2D eigenvalue weighted by atomic mass is 9.98. The number of nitro groups is 1. The quantitative estimate of drug-likeness (QED) is 0.550. The summed E-state index contributed by atoms with van der Waals surface area (Å²) < 4.78 is 0. The Kier molecular flexibility index (Phi) is 5.79. The van der Waals surface area contributed by atoms with Gasteiger partial charge >= 0.3 is 0 Å². The molecule has 0 saturated carbocycles. The van der Waals surface area contributed by atoms with Crippen molar-refractivity contribution in [3.05, 3.63) is 56.3 Å². The third-order valence-electron chi connectivity index (χ3n) is 5.40. The molecular formula is C20H25N3O3S. The molecule has 3 rings (SSSR count). The fourth-order valence-electron chi connectivity index (χ4n) is 3.42. The van der Waals surface area contributed by atoms with E-state index in [0.29, 0.717) is 17.2 Å². The predicted molar refractivity (Wildman–Crippen MR) is 109 cm³/mol. The van der Waals surface area contributed by atoms with Gasteiger partial charge in [0, 0.05) is 36.6 Å². The van der Waals surface area contributed by atoms with E-state index in [0.717, 1.165) is 30.8 Å². The number of nitrogens with zero attached hydrogens (tertiary/aromatic N) is 3. The van der Waals surface area contributed by atoms with Gasteiger partial charge in [0.1, 0.15) is 5.69 Å². The Morgan fingerprint density at radius 3 is 2.63 bits per heavy atom. The van der Waals surface area contributed by atoms with Gasteiger partial charge in [0.25, 0.3) is 11.6 Å². The van der Waals surface area contributed by atoms with Gasteiger partial charge in [0.2, 0.25) is 0 Å². The van der Waals surface area contributed by atoms with Gasteiger partial charge in [-0.05, 0) is 49.3 Å². The van der Waals surface area contributed by atoms with Crippen LogP contribution in [0.3, 0.4) is 0 Å². The second-order valence-electron chi connectivity index (χ2n) is 7.24. The Bertz CT molecular complexity index is 814. The van der Waals surface area contributed by atoms with E-state index in [2.05, 4.69) is 11.8 Å². The average molecular weight is 388 g/mol. The Hall–Kier alpha value is -2.41. The van der Waals surface area contributed by atoms with Gasteiger partial charge in [0.05, 0.1) is 11.0 Å². The number of nitro benzene ring substituents is 1. The number of carbonyl (C=O) groups excluding carboxylic acids is 1. The largest absolute Gasteiger partial charge is 0.366 e. The van der Waals surface area contributed by atoms with Gasteiger partial charge < -0.3 is 9.80 Å². The minimum atomic E-state index is -0.382. The highest BCUT2D eigenvalue weighted by molar-refractivity contribution is 7.10. The summed E-state index contributed by atoms with van der Waals surface area (Å²) in [7, 11) is 1.73. The second-order valence-corrected chi connectivity index (χ2v) is 8.22. The van der Waals surface area contributed by atoms with Crippen molar-refractivity contribution in [1.29, 1.82) is 0 Å². The Morgan fingerprint density at radius 1 is 1.33 bits per heavy atom. The van der Waals surface area contributed by atoms with E-state index >= 15 is 0 Å². The number of piperidine rings is 1. The molecule has 7 heteroatoms. The van der Waals surface area contributed by atoms with Gasteiger partial charge in [-0.3, -0.25) is 14.9 Å². The van der Waals surface area contributed by atoms with Crippen molar-refractivity contribution in [1.82, 2.24) is 4.90 Å². The van der Waals surface area contributed by atoms with E-state index in [-0.39, 0.29) is 22.6 Å². The molecule has 2 aromatic rings. The number of carbonyl (C=O) groups is 1. The van der Waals surface area contributed by atoms with Crippen LogP contribution in [0.4, 0.5) is 11.4 Å². The number of thiophene rings is 1. The molecule has 1 saturated heterocycles. The molecule has 27 heavy (non-hydrogen) atoms. The first kappa shape index (κ1) is 19.4.